The fourth-order valence-corrected chi connectivity index (χ4v) is 2.04. The highest BCUT2D eigenvalue weighted by molar-refractivity contribution is 7.18. The molecular formula is C10H13ClN2O2S. The van der Waals surface area contributed by atoms with E-state index in [0.717, 1.165) is 0 Å². The van der Waals surface area contributed by atoms with Crippen molar-refractivity contribution in [1.29, 1.82) is 0 Å². The van der Waals surface area contributed by atoms with Crippen LogP contribution in [0.4, 0.5) is 0 Å². The number of likely N-dealkylation sites (N-methyl/N-ethyl adjacent to an activating group) is 1. The second-order valence-corrected chi connectivity index (χ2v) is 4.91. The van der Waals surface area contributed by atoms with Crippen LogP contribution in [-0.2, 0) is 4.79 Å². The molecule has 0 aromatic carbocycles. The molecule has 2 N–H and O–H groups in total. The first kappa shape index (κ1) is 13.0. The maximum absolute atomic E-state index is 11.6. The molecule has 0 saturated heterocycles. The predicted octanol–water partition coefficient (Wildman–Crippen LogP) is 1.66. The Kier molecular flexibility index (Phi) is 4.76. The van der Waals surface area contributed by atoms with Gasteiger partial charge in [-0.15, -0.1) is 11.3 Å². The van der Waals surface area contributed by atoms with Gasteiger partial charge in [-0.3, -0.25) is 9.59 Å². The van der Waals surface area contributed by atoms with Gasteiger partial charge in [0, 0.05) is 6.54 Å². The highest BCUT2D eigenvalue weighted by Crippen LogP contribution is 2.21. The predicted molar refractivity (Wildman–Crippen MR) is 64.9 cm³/mol. The molecule has 2 amide bonds. The lowest BCUT2D eigenvalue weighted by molar-refractivity contribution is -0.122. The number of halogens is 1. The van der Waals surface area contributed by atoms with Gasteiger partial charge in [-0.05, 0) is 26.0 Å². The molecule has 16 heavy (non-hydrogen) atoms. The number of carbonyl (C=O) groups is 2. The van der Waals surface area contributed by atoms with Crippen LogP contribution in [-0.4, -0.2) is 24.4 Å². The van der Waals surface area contributed by atoms with Gasteiger partial charge < -0.3 is 10.6 Å². The van der Waals surface area contributed by atoms with Crippen LogP contribution in [0.2, 0.25) is 4.34 Å². The molecule has 0 aliphatic rings. The molecule has 0 fully saturated rings. The fraction of sp³-hybridized carbons (Fsp3) is 0.400. The topological polar surface area (TPSA) is 58.2 Å². The van der Waals surface area contributed by atoms with Crippen LogP contribution in [0.25, 0.3) is 0 Å². The van der Waals surface area contributed by atoms with Crippen LogP contribution >= 0.6 is 22.9 Å². The van der Waals surface area contributed by atoms with E-state index in [1.165, 1.54) is 11.3 Å². The summed E-state index contributed by atoms with van der Waals surface area (Å²) in [5.74, 6) is -0.478. The monoisotopic (exact) mass is 260 g/mol. The number of hydrogen-bond acceptors (Lipinski definition) is 3. The Balaban J connectivity index is 2.54. The first-order valence-corrected chi connectivity index (χ1v) is 6.08. The Morgan fingerprint density at radius 2 is 2.19 bits per heavy atom. The maximum Gasteiger partial charge on any atom is 0.262 e. The number of carbonyl (C=O) groups excluding carboxylic acids is 2. The van der Waals surface area contributed by atoms with E-state index in [2.05, 4.69) is 10.6 Å². The summed E-state index contributed by atoms with van der Waals surface area (Å²) in [6, 6.07) is 2.73. The second-order valence-electron chi connectivity index (χ2n) is 3.19. The van der Waals surface area contributed by atoms with Crippen LogP contribution < -0.4 is 10.6 Å². The summed E-state index contributed by atoms with van der Waals surface area (Å²) in [6.07, 6.45) is 0. The van der Waals surface area contributed by atoms with Crippen LogP contribution in [0, 0.1) is 0 Å². The van der Waals surface area contributed by atoms with Gasteiger partial charge in [-0.25, -0.2) is 0 Å². The molecule has 0 unspecified atom stereocenters. The van der Waals surface area contributed by atoms with Crippen molar-refractivity contribution in [3.63, 3.8) is 0 Å². The first-order chi connectivity index (χ1) is 7.54. The molecule has 0 bridgehead atoms. The fourth-order valence-electron chi connectivity index (χ4n) is 1.10. The maximum atomic E-state index is 11.6. The summed E-state index contributed by atoms with van der Waals surface area (Å²) in [7, 11) is 0. The third kappa shape index (κ3) is 3.50. The molecule has 6 heteroatoms. The zero-order valence-corrected chi connectivity index (χ0v) is 10.6. The van der Waals surface area contributed by atoms with Gasteiger partial charge in [0.25, 0.3) is 5.91 Å². The van der Waals surface area contributed by atoms with Crippen LogP contribution in [0.5, 0.6) is 0 Å². The molecule has 1 rings (SSSR count). The Morgan fingerprint density at radius 3 is 2.69 bits per heavy atom. The summed E-state index contributed by atoms with van der Waals surface area (Å²) in [5.41, 5.74) is 0. The minimum atomic E-state index is -0.548. The van der Waals surface area contributed by atoms with Crippen molar-refractivity contribution in [3.8, 4) is 0 Å². The van der Waals surface area contributed by atoms with Gasteiger partial charge in [0.2, 0.25) is 5.91 Å². The van der Waals surface area contributed by atoms with Gasteiger partial charge in [0.15, 0.2) is 0 Å². The highest BCUT2D eigenvalue weighted by Gasteiger charge is 2.16. The van der Waals surface area contributed by atoms with Crippen LogP contribution in [0.15, 0.2) is 12.1 Å². The molecule has 0 aliphatic carbocycles. The number of amides is 2. The smallest absolute Gasteiger partial charge is 0.262 e. The molecule has 1 heterocycles. The van der Waals surface area contributed by atoms with Crippen molar-refractivity contribution in [2.75, 3.05) is 6.54 Å². The van der Waals surface area contributed by atoms with Gasteiger partial charge in [0.1, 0.15) is 6.04 Å². The van der Waals surface area contributed by atoms with E-state index in [4.69, 9.17) is 11.6 Å². The number of thiophene rings is 1. The Hall–Kier alpha value is -1.07. The first-order valence-electron chi connectivity index (χ1n) is 4.88. The molecule has 1 aromatic rings. The standard InChI is InChI=1S/C10H13ClN2O2S/c1-3-12-9(14)6(2)13-10(15)7-4-5-8(11)16-7/h4-6H,3H2,1-2H3,(H,12,14)(H,13,15)/t6-/m0/s1. The number of hydrogen-bond donors (Lipinski definition) is 2. The van der Waals surface area contributed by atoms with Crippen LogP contribution in [0.1, 0.15) is 23.5 Å². The molecule has 1 atom stereocenters. The zero-order valence-electron chi connectivity index (χ0n) is 9.04. The van der Waals surface area contributed by atoms with Crippen LogP contribution in [0.3, 0.4) is 0 Å². The van der Waals surface area contributed by atoms with E-state index < -0.39 is 6.04 Å². The van der Waals surface area contributed by atoms with Crippen molar-refractivity contribution in [2.45, 2.75) is 19.9 Å². The average molecular weight is 261 g/mol. The number of nitrogens with one attached hydrogen (secondary N) is 2. The van der Waals surface area contributed by atoms with E-state index in [9.17, 15) is 9.59 Å². The van der Waals surface area contributed by atoms with Crippen molar-refractivity contribution in [2.24, 2.45) is 0 Å². The van der Waals surface area contributed by atoms with Crippen molar-refractivity contribution in [3.05, 3.63) is 21.3 Å². The van der Waals surface area contributed by atoms with Crippen molar-refractivity contribution >= 4 is 34.8 Å². The van der Waals surface area contributed by atoms with E-state index >= 15 is 0 Å². The van der Waals surface area contributed by atoms with E-state index in [1.807, 2.05) is 6.92 Å². The van der Waals surface area contributed by atoms with Gasteiger partial charge in [0.05, 0.1) is 9.21 Å². The lowest BCUT2D eigenvalue weighted by Crippen LogP contribution is -2.44. The third-order valence-electron chi connectivity index (χ3n) is 1.89. The van der Waals surface area contributed by atoms with Gasteiger partial charge in [-0.2, -0.15) is 0 Å². The van der Waals surface area contributed by atoms with Crippen molar-refractivity contribution in [1.82, 2.24) is 10.6 Å². The molecule has 88 valence electrons. The summed E-state index contributed by atoms with van der Waals surface area (Å²) in [6.45, 7) is 4.01. The Labute approximate surface area is 103 Å². The normalized spacial score (nSPS) is 11.9. The summed E-state index contributed by atoms with van der Waals surface area (Å²) >= 11 is 6.90. The van der Waals surface area contributed by atoms with Gasteiger partial charge >= 0.3 is 0 Å². The molecule has 0 radical (unpaired) electrons. The molecule has 4 nitrogen and oxygen atoms in total. The summed E-state index contributed by atoms with van der Waals surface area (Å²) in [5, 5.41) is 5.23. The quantitative estimate of drug-likeness (QED) is 0.865. The molecule has 1 aromatic heterocycles. The minimum Gasteiger partial charge on any atom is -0.355 e. The lowest BCUT2D eigenvalue weighted by Gasteiger charge is -2.12. The number of rotatable bonds is 4. The Morgan fingerprint density at radius 1 is 1.50 bits per heavy atom. The molecule has 0 saturated carbocycles. The molecule has 0 spiro atoms. The van der Waals surface area contributed by atoms with Gasteiger partial charge in [-0.1, -0.05) is 11.6 Å². The SMILES string of the molecule is CCNC(=O)[C@H](C)NC(=O)c1ccc(Cl)s1. The summed E-state index contributed by atoms with van der Waals surface area (Å²) in [4.78, 5) is 23.5. The highest BCUT2D eigenvalue weighted by atomic mass is 35.5. The average Bonchev–Trinajstić information content (AvgIpc) is 2.65. The molecule has 0 aliphatic heterocycles. The Bertz CT molecular complexity index is 392. The van der Waals surface area contributed by atoms with E-state index in [1.54, 1.807) is 19.1 Å². The molecular weight excluding hydrogens is 248 g/mol. The lowest BCUT2D eigenvalue weighted by atomic mass is 10.3. The summed E-state index contributed by atoms with van der Waals surface area (Å²) < 4.78 is 0.552. The largest absolute Gasteiger partial charge is 0.355 e. The van der Waals surface area contributed by atoms with E-state index in [-0.39, 0.29) is 11.8 Å². The zero-order chi connectivity index (χ0) is 12.1. The second kappa shape index (κ2) is 5.86. The minimum absolute atomic E-state index is 0.196. The van der Waals surface area contributed by atoms with E-state index in [0.29, 0.717) is 15.8 Å². The van der Waals surface area contributed by atoms with Crippen molar-refractivity contribution < 1.29 is 9.59 Å². The third-order valence-corrected chi connectivity index (χ3v) is 3.12.